The first-order valence-corrected chi connectivity index (χ1v) is 8.35. The maximum atomic E-state index is 13.8. The highest BCUT2D eigenvalue weighted by Crippen LogP contribution is 2.27. The minimum Gasteiger partial charge on any atom is -0.328 e. The Balaban J connectivity index is 2.32. The van der Waals surface area contributed by atoms with E-state index in [9.17, 15) is 12.8 Å². The predicted molar refractivity (Wildman–Crippen MR) is 76.5 cm³/mol. The van der Waals surface area contributed by atoms with Gasteiger partial charge in [-0.2, -0.15) is 4.31 Å². The summed E-state index contributed by atoms with van der Waals surface area (Å²) in [5.74, 6) is -0.682. The monoisotopic (exact) mass is 320 g/mol. The number of nitrogens with zero attached hydrogens (tertiary/aromatic N) is 1. The molecule has 20 heavy (non-hydrogen) atoms. The largest absolute Gasteiger partial charge is 0.328 e. The molecule has 1 fully saturated rings. The standard InChI is InChI=1S/C13H18ClFN2O2S/c1-9(16)10-3-2-6-17(8-10)20(18,19)13-7-11(14)4-5-12(13)15/h4-5,7,9-10H,2-3,6,8,16H2,1H3. The molecular formula is C13H18ClFN2O2S. The van der Waals surface area contributed by atoms with E-state index in [1.807, 2.05) is 6.92 Å². The average Bonchev–Trinajstić information content (AvgIpc) is 2.41. The molecule has 0 aliphatic carbocycles. The number of nitrogens with two attached hydrogens (primary N) is 1. The van der Waals surface area contributed by atoms with E-state index < -0.39 is 15.8 Å². The first kappa shape index (κ1) is 15.7. The van der Waals surface area contributed by atoms with Gasteiger partial charge in [-0.3, -0.25) is 0 Å². The molecule has 112 valence electrons. The lowest BCUT2D eigenvalue weighted by atomic mass is 9.93. The molecule has 1 aromatic carbocycles. The van der Waals surface area contributed by atoms with Gasteiger partial charge in [-0.15, -0.1) is 0 Å². The van der Waals surface area contributed by atoms with Gasteiger partial charge in [0.15, 0.2) is 0 Å². The van der Waals surface area contributed by atoms with Crippen LogP contribution in [0.3, 0.4) is 0 Å². The van der Waals surface area contributed by atoms with Crippen LogP contribution in [-0.4, -0.2) is 31.9 Å². The van der Waals surface area contributed by atoms with Gasteiger partial charge in [0.05, 0.1) is 0 Å². The highest BCUT2D eigenvalue weighted by molar-refractivity contribution is 7.89. The molecule has 1 aromatic rings. The predicted octanol–water partition coefficient (Wildman–Crippen LogP) is 2.23. The number of benzene rings is 1. The van der Waals surface area contributed by atoms with Gasteiger partial charge in [-0.25, -0.2) is 12.8 Å². The molecule has 1 aliphatic rings. The summed E-state index contributed by atoms with van der Waals surface area (Å²) in [7, 11) is -3.86. The molecule has 2 atom stereocenters. The lowest BCUT2D eigenvalue weighted by Gasteiger charge is -2.33. The van der Waals surface area contributed by atoms with Gasteiger partial charge in [0.25, 0.3) is 0 Å². The van der Waals surface area contributed by atoms with Crippen LogP contribution in [0, 0.1) is 11.7 Å². The van der Waals surface area contributed by atoms with Crippen LogP contribution in [0.5, 0.6) is 0 Å². The normalized spacial score (nSPS) is 22.7. The van der Waals surface area contributed by atoms with E-state index in [1.54, 1.807) is 0 Å². The molecule has 7 heteroatoms. The second-order valence-electron chi connectivity index (χ2n) is 5.20. The Morgan fingerprint density at radius 1 is 1.50 bits per heavy atom. The molecule has 2 rings (SSSR count). The van der Waals surface area contributed by atoms with E-state index in [2.05, 4.69) is 0 Å². The SMILES string of the molecule is CC(N)C1CCCN(S(=O)(=O)c2cc(Cl)ccc2F)C1. The number of sulfonamides is 1. The molecule has 4 nitrogen and oxygen atoms in total. The van der Waals surface area contributed by atoms with Crippen LogP contribution < -0.4 is 5.73 Å². The fraction of sp³-hybridized carbons (Fsp3) is 0.538. The van der Waals surface area contributed by atoms with Crippen LogP contribution in [0.1, 0.15) is 19.8 Å². The molecule has 0 radical (unpaired) electrons. The molecule has 0 amide bonds. The summed E-state index contributed by atoms with van der Waals surface area (Å²) in [6.07, 6.45) is 1.62. The second kappa shape index (κ2) is 5.97. The number of rotatable bonds is 3. The number of hydrogen-bond acceptors (Lipinski definition) is 3. The van der Waals surface area contributed by atoms with Crippen molar-refractivity contribution >= 4 is 21.6 Å². The molecule has 0 saturated carbocycles. The summed E-state index contributed by atoms with van der Waals surface area (Å²) in [4.78, 5) is -0.365. The first-order valence-electron chi connectivity index (χ1n) is 6.53. The van der Waals surface area contributed by atoms with Crippen LogP contribution in [-0.2, 0) is 10.0 Å². The summed E-state index contributed by atoms with van der Waals surface area (Å²) in [5.41, 5.74) is 5.85. The summed E-state index contributed by atoms with van der Waals surface area (Å²) >= 11 is 5.77. The topological polar surface area (TPSA) is 63.4 Å². The Kier molecular flexibility index (Phi) is 4.69. The average molecular weight is 321 g/mol. The fourth-order valence-electron chi connectivity index (χ4n) is 2.44. The molecule has 1 saturated heterocycles. The fourth-order valence-corrected chi connectivity index (χ4v) is 4.30. The van der Waals surface area contributed by atoms with Gasteiger partial charge in [0.2, 0.25) is 10.0 Å². The van der Waals surface area contributed by atoms with Crippen LogP contribution in [0.25, 0.3) is 0 Å². The number of piperidine rings is 1. The molecule has 0 aromatic heterocycles. The highest BCUT2D eigenvalue weighted by atomic mass is 35.5. The van der Waals surface area contributed by atoms with E-state index in [-0.39, 0.29) is 21.9 Å². The van der Waals surface area contributed by atoms with E-state index in [0.717, 1.165) is 25.0 Å². The van der Waals surface area contributed by atoms with Gasteiger partial charge < -0.3 is 5.73 Å². The van der Waals surface area contributed by atoms with Crippen molar-refractivity contribution in [2.24, 2.45) is 11.7 Å². The van der Waals surface area contributed by atoms with Crippen molar-refractivity contribution in [3.05, 3.63) is 29.0 Å². The molecule has 2 unspecified atom stereocenters. The van der Waals surface area contributed by atoms with Crippen molar-refractivity contribution in [3.63, 3.8) is 0 Å². The van der Waals surface area contributed by atoms with Crippen molar-refractivity contribution in [1.29, 1.82) is 0 Å². The van der Waals surface area contributed by atoms with E-state index in [4.69, 9.17) is 17.3 Å². The summed E-state index contributed by atoms with van der Waals surface area (Å²) < 4.78 is 40.1. The first-order chi connectivity index (χ1) is 9.32. The minimum absolute atomic E-state index is 0.0859. The van der Waals surface area contributed by atoms with Crippen LogP contribution in [0.15, 0.2) is 23.1 Å². The minimum atomic E-state index is -3.86. The summed E-state index contributed by atoms with van der Waals surface area (Å²) in [5, 5.41) is 0.200. The quantitative estimate of drug-likeness (QED) is 0.929. The third-order valence-electron chi connectivity index (χ3n) is 3.68. The zero-order valence-electron chi connectivity index (χ0n) is 11.2. The van der Waals surface area contributed by atoms with Gasteiger partial charge in [-0.05, 0) is 43.9 Å². The van der Waals surface area contributed by atoms with Crippen molar-refractivity contribution in [1.82, 2.24) is 4.31 Å². The molecule has 0 bridgehead atoms. The Hall–Kier alpha value is -0.690. The Morgan fingerprint density at radius 2 is 2.20 bits per heavy atom. The lowest BCUT2D eigenvalue weighted by molar-refractivity contribution is 0.242. The molecule has 2 N–H and O–H groups in total. The zero-order valence-corrected chi connectivity index (χ0v) is 12.8. The Labute approximate surface area is 123 Å². The van der Waals surface area contributed by atoms with Crippen molar-refractivity contribution in [3.8, 4) is 0 Å². The molecule has 0 spiro atoms. The maximum Gasteiger partial charge on any atom is 0.246 e. The number of halogens is 2. The van der Waals surface area contributed by atoms with E-state index >= 15 is 0 Å². The smallest absolute Gasteiger partial charge is 0.246 e. The van der Waals surface area contributed by atoms with Crippen molar-refractivity contribution < 1.29 is 12.8 Å². The van der Waals surface area contributed by atoms with Crippen molar-refractivity contribution in [2.75, 3.05) is 13.1 Å². The maximum absolute atomic E-state index is 13.8. The summed E-state index contributed by atoms with van der Waals surface area (Å²) in [6, 6.07) is 3.47. The molecule has 1 heterocycles. The van der Waals surface area contributed by atoms with Gasteiger partial charge in [0, 0.05) is 24.2 Å². The number of hydrogen-bond donors (Lipinski definition) is 1. The van der Waals surface area contributed by atoms with Crippen LogP contribution in [0.2, 0.25) is 5.02 Å². The Morgan fingerprint density at radius 3 is 2.85 bits per heavy atom. The van der Waals surface area contributed by atoms with E-state index in [1.165, 1.54) is 10.4 Å². The van der Waals surface area contributed by atoms with Crippen LogP contribution >= 0.6 is 11.6 Å². The highest BCUT2D eigenvalue weighted by Gasteiger charge is 2.33. The van der Waals surface area contributed by atoms with E-state index in [0.29, 0.717) is 13.1 Å². The van der Waals surface area contributed by atoms with Gasteiger partial charge in [0.1, 0.15) is 10.7 Å². The van der Waals surface area contributed by atoms with Crippen LogP contribution in [0.4, 0.5) is 4.39 Å². The molecular weight excluding hydrogens is 303 g/mol. The third kappa shape index (κ3) is 3.14. The third-order valence-corrected chi connectivity index (χ3v) is 5.79. The van der Waals surface area contributed by atoms with Gasteiger partial charge in [-0.1, -0.05) is 11.6 Å². The summed E-state index contributed by atoms with van der Waals surface area (Å²) in [6.45, 7) is 2.57. The molecule has 1 aliphatic heterocycles. The van der Waals surface area contributed by atoms with Gasteiger partial charge >= 0.3 is 0 Å². The Bertz CT molecular complexity index is 592. The van der Waals surface area contributed by atoms with Crippen molar-refractivity contribution in [2.45, 2.75) is 30.7 Å². The lowest BCUT2D eigenvalue weighted by Crippen LogP contribution is -2.45. The second-order valence-corrected chi connectivity index (χ2v) is 7.54. The zero-order chi connectivity index (χ0) is 14.9.